The zero-order valence-electron chi connectivity index (χ0n) is 19.7. The summed E-state index contributed by atoms with van der Waals surface area (Å²) in [5.41, 5.74) is 3.51. The summed E-state index contributed by atoms with van der Waals surface area (Å²) >= 11 is 0. The minimum atomic E-state index is 0.560. The molecule has 0 amide bonds. The van der Waals surface area contributed by atoms with Gasteiger partial charge in [0.15, 0.2) is 0 Å². The van der Waals surface area contributed by atoms with Crippen LogP contribution < -0.4 is 0 Å². The Kier molecular flexibility index (Phi) is 16.0. The van der Waals surface area contributed by atoms with Crippen molar-refractivity contribution in [1.82, 2.24) is 0 Å². The van der Waals surface area contributed by atoms with Crippen molar-refractivity contribution in [2.75, 3.05) is 6.61 Å². The zero-order valence-corrected chi connectivity index (χ0v) is 19.7. The summed E-state index contributed by atoms with van der Waals surface area (Å²) in [4.78, 5) is 0. The fourth-order valence-corrected chi connectivity index (χ4v) is 3.92. The molecule has 0 fully saturated rings. The summed E-state index contributed by atoms with van der Waals surface area (Å²) in [6, 6.07) is 4.39. The third kappa shape index (κ3) is 12.3. The molecule has 0 unspecified atom stereocenters. The second-order valence-corrected chi connectivity index (χ2v) is 8.70. The SMILES string of the molecule is CCCCCCCCc1cc(COCCCC)cc(CCCCCCCC)c1O. The fraction of sp³-hybridized carbons (Fsp3) is 0.778. The summed E-state index contributed by atoms with van der Waals surface area (Å²) in [6.45, 7) is 8.22. The molecule has 0 aliphatic carbocycles. The predicted octanol–water partition coefficient (Wildman–Crippen LogP) is 8.51. The van der Waals surface area contributed by atoms with E-state index in [1.807, 2.05) is 0 Å². The Morgan fingerprint density at radius 3 is 1.55 bits per heavy atom. The predicted molar refractivity (Wildman–Crippen MR) is 127 cm³/mol. The number of aromatic hydroxyl groups is 1. The van der Waals surface area contributed by atoms with E-state index in [9.17, 15) is 5.11 Å². The molecule has 1 rings (SSSR count). The number of unbranched alkanes of at least 4 members (excludes halogenated alkanes) is 11. The van der Waals surface area contributed by atoms with E-state index in [-0.39, 0.29) is 0 Å². The van der Waals surface area contributed by atoms with Crippen molar-refractivity contribution < 1.29 is 9.84 Å². The van der Waals surface area contributed by atoms with Gasteiger partial charge in [-0.2, -0.15) is 0 Å². The topological polar surface area (TPSA) is 29.5 Å². The molecule has 0 saturated heterocycles. The third-order valence-corrected chi connectivity index (χ3v) is 5.84. The van der Waals surface area contributed by atoms with Crippen LogP contribution in [0.1, 0.15) is 127 Å². The van der Waals surface area contributed by atoms with Crippen LogP contribution in [0.5, 0.6) is 5.75 Å². The average molecular weight is 405 g/mol. The molecule has 168 valence electrons. The van der Waals surface area contributed by atoms with Gasteiger partial charge in [0.2, 0.25) is 0 Å². The zero-order chi connectivity index (χ0) is 21.2. The molecule has 0 atom stereocenters. The number of benzene rings is 1. The van der Waals surface area contributed by atoms with Gasteiger partial charge in [-0.25, -0.2) is 0 Å². The van der Waals surface area contributed by atoms with Crippen molar-refractivity contribution in [2.45, 2.75) is 130 Å². The maximum atomic E-state index is 10.9. The lowest BCUT2D eigenvalue weighted by Crippen LogP contribution is -2.00. The summed E-state index contributed by atoms with van der Waals surface area (Å²) in [5, 5.41) is 10.9. The lowest BCUT2D eigenvalue weighted by Gasteiger charge is -2.14. The number of hydrogen-bond donors (Lipinski definition) is 1. The van der Waals surface area contributed by atoms with Crippen LogP contribution in [-0.4, -0.2) is 11.7 Å². The van der Waals surface area contributed by atoms with Crippen molar-refractivity contribution in [2.24, 2.45) is 0 Å². The third-order valence-electron chi connectivity index (χ3n) is 5.84. The van der Waals surface area contributed by atoms with Gasteiger partial charge in [-0.05, 0) is 60.9 Å². The molecule has 0 aromatic heterocycles. The summed E-state index contributed by atoms with van der Waals surface area (Å²) in [7, 11) is 0. The maximum absolute atomic E-state index is 10.9. The molecule has 0 saturated carbocycles. The summed E-state index contributed by atoms with van der Waals surface area (Å²) < 4.78 is 5.87. The van der Waals surface area contributed by atoms with Crippen molar-refractivity contribution in [1.29, 1.82) is 0 Å². The highest BCUT2D eigenvalue weighted by Crippen LogP contribution is 2.29. The van der Waals surface area contributed by atoms with Gasteiger partial charge < -0.3 is 9.84 Å². The Bertz CT molecular complexity index is 472. The maximum Gasteiger partial charge on any atom is 0.121 e. The van der Waals surface area contributed by atoms with Crippen molar-refractivity contribution in [3.8, 4) is 5.75 Å². The van der Waals surface area contributed by atoms with Gasteiger partial charge in [-0.15, -0.1) is 0 Å². The van der Waals surface area contributed by atoms with Gasteiger partial charge >= 0.3 is 0 Å². The molecular weight excluding hydrogens is 356 g/mol. The number of aryl methyl sites for hydroxylation is 2. The molecule has 29 heavy (non-hydrogen) atoms. The molecule has 0 heterocycles. The standard InChI is InChI=1S/C27H48O2/c1-4-7-10-12-14-16-18-25-21-24(23-29-20-9-6-3)22-26(27(25)28)19-17-15-13-11-8-5-2/h21-22,28H,4-20,23H2,1-3H3. The summed E-state index contributed by atoms with van der Waals surface area (Å²) in [5.74, 6) is 0.560. The van der Waals surface area contributed by atoms with E-state index in [2.05, 4.69) is 32.9 Å². The van der Waals surface area contributed by atoms with E-state index in [0.29, 0.717) is 12.4 Å². The van der Waals surface area contributed by atoms with E-state index < -0.39 is 0 Å². The molecule has 0 aliphatic heterocycles. The minimum absolute atomic E-state index is 0.560. The van der Waals surface area contributed by atoms with E-state index in [4.69, 9.17) is 4.74 Å². The van der Waals surface area contributed by atoms with Crippen LogP contribution in [0.4, 0.5) is 0 Å². The number of phenolic OH excluding ortho intramolecular Hbond substituents is 1. The van der Waals surface area contributed by atoms with Crippen LogP contribution in [0.3, 0.4) is 0 Å². The first-order valence-corrected chi connectivity index (χ1v) is 12.6. The van der Waals surface area contributed by atoms with Crippen molar-refractivity contribution >= 4 is 0 Å². The lowest BCUT2D eigenvalue weighted by molar-refractivity contribution is 0.118. The van der Waals surface area contributed by atoms with Gasteiger partial charge in [-0.3, -0.25) is 0 Å². The Morgan fingerprint density at radius 1 is 0.621 bits per heavy atom. The number of phenols is 1. The highest BCUT2D eigenvalue weighted by Gasteiger charge is 2.11. The van der Waals surface area contributed by atoms with Gasteiger partial charge in [0.25, 0.3) is 0 Å². The van der Waals surface area contributed by atoms with Gasteiger partial charge in [0.05, 0.1) is 6.61 Å². The number of rotatable bonds is 19. The van der Waals surface area contributed by atoms with Gasteiger partial charge in [0, 0.05) is 6.61 Å². The second-order valence-electron chi connectivity index (χ2n) is 8.70. The van der Waals surface area contributed by atoms with Crippen LogP contribution >= 0.6 is 0 Å². The van der Waals surface area contributed by atoms with Crippen molar-refractivity contribution in [3.63, 3.8) is 0 Å². The summed E-state index contributed by atoms with van der Waals surface area (Å²) in [6.07, 6.45) is 19.8. The molecule has 0 aliphatic rings. The van der Waals surface area contributed by atoms with Crippen LogP contribution in [0.25, 0.3) is 0 Å². The van der Waals surface area contributed by atoms with E-state index >= 15 is 0 Å². The normalized spacial score (nSPS) is 11.3. The minimum Gasteiger partial charge on any atom is -0.507 e. The molecule has 2 nitrogen and oxygen atoms in total. The molecule has 1 aromatic rings. The number of hydrogen-bond acceptors (Lipinski definition) is 2. The quantitative estimate of drug-likeness (QED) is 0.234. The molecular formula is C27H48O2. The monoisotopic (exact) mass is 404 g/mol. The second kappa shape index (κ2) is 17.8. The van der Waals surface area contributed by atoms with Crippen LogP contribution in [0, 0.1) is 0 Å². The van der Waals surface area contributed by atoms with E-state index in [1.165, 1.54) is 89.0 Å². The van der Waals surface area contributed by atoms with Gasteiger partial charge in [-0.1, -0.05) is 91.4 Å². The number of ether oxygens (including phenoxy) is 1. The average Bonchev–Trinajstić information content (AvgIpc) is 2.73. The highest BCUT2D eigenvalue weighted by atomic mass is 16.5. The lowest BCUT2D eigenvalue weighted by atomic mass is 9.96. The first kappa shape index (κ1) is 26.0. The largest absolute Gasteiger partial charge is 0.507 e. The Labute approximate surface area is 181 Å². The fourth-order valence-electron chi connectivity index (χ4n) is 3.92. The Balaban J connectivity index is 2.62. The molecule has 0 radical (unpaired) electrons. The van der Waals surface area contributed by atoms with Crippen LogP contribution in [0.2, 0.25) is 0 Å². The first-order chi connectivity index (χ1) is 14.2. The van der Waals surface area contributed by atoms with Crippen molar-refractivity contribution in [3.05, 3.63) is 28.8 Å². The highest BCUT2D eigenvalue weighted by molar-refractivity contribution is 5.44. The first-order valence-electron chi connectivity index (χ1n) is 12.6. The molecule has 0 spiro atoms. The van der Waals surface area contributed by atoms with Crippen LogP contribution in [0.15, 0.2) is 12.1 Å². The molecule has 0 bridgehead atoms. The van der Waals surface area contributed by atoms with Crippen LogP contribution in [-0.2, 0) is 24.2 Å². The Morgan fingerprint density at radius 2 is 1.07 bits per heavy atom. The van der Waals surface area contributed by atoms with Gasteiger partial charge in [0.1, 0.15) is 5.75 Å². The smallest absolute Gasteiger partial charge is 0.121 e. The van der Waals surface area contributed by atoms with E-state index in [0.717, 1.165) is 37.0 Å². The van der Waals surface area contributed by atoms with E-state index in [1.54, 1.807) is 0 Å². The molecule has 2 heteroatoms. The molecule has 1 N–H and O–H groups in total. The Hall–Kier alpha value is -1.02. The molecule has 1 aromatic carbocycles.